The number of aliphatic carboxylic acids is 2. The van der Waals surface area contributed by atoms with Gasteiger partial charge in [-0.2, -0.15) is 0 Å². The number of hydrogen-bond donors (Lipinski definition) is 7. The Morgan fingerprint density at radius 1 is 1.05 bits per heavy atom. The number of nitrogens with one attached hydrogen (secondary N) is 3. The van der Waals surface area contributed by atoms with Crippen molar-refractivity contribution in [1.82, 2.24) is 20.5 Å². The summed E-state index contributed by atoms with van der Waals surface area (Å²) in [6.07, 6.45) is 0.953. The van der Waals surface area contributed by atoms with Gasteiger partial charge in [-0.05, 0) is 24.5 Å². The standard InChI is InChI=1S/C24H30N6O8/c25-14(9-19(26)31)23(36)30-7-3-6-18(30)22(35)28-16(10-20(32)33)21(34)29-17(24(37)38)8-12-11-27-15-5-2-1-4-13(12)15/h1-2,4-5,11,14,16-18,27H,3,6-10,25H2,(H2,26,31)(H,28,35)(H,29,34)(H,32,33)(H,37,38). The molecule has 0 spiro atoms. The van der Waals surface area contributed by atoms with E-state index in [1.807, 2.05) is 12.1 Å². The molecule has 0 saturated carbocycles. The summed E-state index contributed by atoms with van der Waals surface area (Å²) in [6, 6.07) is 1.87. The zero-order valence-corrected chi connectivity index (χ0v) is 20.4. The van der Waals surface area contributed by atoms with Crippen molar-refractivity contribution in [3.63, 3.8) is 0 Å². The van der Waals surface area contributed by atoms with Crippen LogP contribution in [0.1, 0.15) is 31.2 Å². The Balaban J connectivity index is 1.72. The molecule has 0 radical (unpaired) electrons. The molecule has 1 aliphatic rings. The zero-order chi connectivity index (χ0) is 28.0. The van der Waals surface area contributed by atoms with Crippen molar-refractivity contribution in [3.05, 3.63) is 36.0 Å². The molecule has 1 saturated heterocycles. The van der Waals surface area contributed by atoms with E-state index in [0.29, 0.717) is 12.0 Å². The smallest absolute Gasteiger partial charge is 0.326 e. The zero-order valence-electron chi connectivity index (χ0n) is 20.4. The lowest BCUT2D eigenvalue weighted by molar-refractivity contribution is -0.144. The molecule has 1 aromatic heterocycles. The summed E-state index contributed by atoms with van der Waals surface area (Å²) in [4.78, 5) is 77.2. The van der Waals surface area contributed by atoms with Gasteiger partial charge in [-0.15, -0.1) is 0 Å². The highest BCUT2D eigenvalue weighted by Gasteiger charge is 2.38. The molecule has 14 heteroatoms. The lowest BCUT2D eigenvalue weighted by Crippen LogP contribution is -2.57. The minimum Gasteiger partial charge on any atom is -0.481 e. The van der Waals surface area contributed by atoms with Crippen LogP contribution in [0.4, 0.5) is 0 Å². The molecular formula is C24H30N6O8. The molecule has 204 valence electrons. The van der Waals surface area contributed by atoms with Crippen LogP contribution in [0.5, 0.6) is 0 Å². The number of carbonyl (C=O) groups excluding carboxylic acids is 4. The first-order valence-corrected chi connectivity index (χ1v) is 11.9. The van der Waals surface area contributed by atoms with Gasteiger partial charge in [-0.1, -0.05) is 18.2 Å². The van der Waals surface area contributed by atoms with Crippen molar-refractivity contribution < 1.29 is 39.0 Å². The monoisotopic (exact) mass is 530 g/mol. The Labute approximate surface area is 216 Å². The number of likely N-dealkylation sites (tertiary alicyclic amines) is 1. The predicted octanol–water partition coefficient (Wildman–Crippen LogP) is -1.57. The number of carbonyl (C=O) groups is 6. The molecular weight excluding hydrogens is 500 g/mol. The fourth-order valence-corrected chi connectivity index (χ4v) is 4.46. The van der Waals surface area contributed by atoms with Crippen molar-refractivity contribution in [1.29, 1.82) is 0 Å². The van der Waals surface area contributed by atoms with E-state index in [-0.39, 0.29) is 19.4 Å². The molecule has 3 rings (SSSR count). The molecule has 1 aromatic carbocycles. The average molecular weight is 531 g/mol. The van der Waals surface area contributed by atoms with Crippen LogP contribution in [0, 0.1) is 0 Å². The molecule has 4 unspecified atom stereocenters. The first-order valence-electron chi connectivity index (χ1n) is 11.9. The average Bonchev–Trinajstić information content (AvgIpc) is 3.49. The number of aromatic nitrogens is 1. The van der Waals surface area contributed by atoms with Gasteiger partial charge in [-0.3, -0.25) is 24.0 Å². The van der Waals surface area contributed by atoms with Crippen molar-refractivity contribution in [2.24, 2.45) is 11.5 Å². The Morgan fingerprint density at radius 3 is 2.42 bits per heavy atom. The summed E-state index contributed by atoms with van der Waals surface area (Å²) in [5.41, 5.74) is 12.2. The highest BCUT2D eigenvalue weighted by molar-refractivity contribution is 5.96. The van der Waals surface area contributed by atoms with Gasteiger partial charge in [0.1, 0.15) is 18.1 Å². The second-order valence-electron chi connectivity index (χ2n) is 9.09. The van der Waals surface area contributed by atoms with Gasteiger partial charge in [0.25, 0.3) is 0 Å². The molecule has 0 bridgehead atoms. The number of carboxylic acids is 2. The number of nitrogens with two attached hydrogens (primary N) is 2. The summed E-state index contributed by atoms with van der Waals surface area (Å²) in [7, 11) is 0. The van der Waals surface area contributed by atoms with Crippen LogP contribution in [0.25, 0.3) is 10.9 Å². The van der Waals surface area contributed by atoms with Crippen LogP contribution in [0.15, 0.2) is 30.5 Å². The van der Waals surface area contributed by atoms with Crippen molar-refractivity contribution in [3.8, 4) is 0 Å². The van der Waals surface area contributed by atoms with Gasteiger partial charge >= 0.3 is 11.9 Å². The van der Waals surface area contributed by atoms with E-state index in [4.69, 9.17) is 11.5 Å². The third kappa shape index (κ3) is 6.85. The maximum Gasteiger partial charge on any atom is 0.326 e. The third-order valence-electron chi connectivity index (χ3n) is 6.30. The van der Waals surface area contributed by atoms with Crippen molar-refractivity contribution >= 4 is 46.5 Å². The number of amides is 4. The second kappa shape index (κ2) is 12.2. The number of carboxylic acid groups (broad SMARTS) is 2. The van der Waals surface area contributed by atoms with Crippen LogP contribution in [-0.2, 0) is 35.2 Å². The lowest BCUT2D eigenvalue weighted by Gasteiger charge is -2.28. The summed E-state index contributed by atoms with van der Waals surface area (Å²) >= 11 is 0. The fraction of sp³-hybridized carbons (Fsp3) is 0.417. The van der Waals surface area contributed by atoms with E-state index in [2.05, 4.69) is 15.6 Å². The highest BCUT2D eigenvalue weighted by Crippen LogP contribution is 2.20. The molecule has 4 atom stereocenters. The van der Waals surface area contributed by atoms with Crippen LogP contribution in [0.2, 0.25) is 0 Å². The number of rotatable bonds is 12. The number of H-pyrrole nitrogens is 1. The SMILES string of the molecule is NC(=O)CC(N)C(=O)N1CCCC1C(=O)NC(CC(=O)O)C(=O)NC(Cc1c[nH]c2ccccc12)C(=O)O. The molecule has 1 fully saturated rings. The van der Waals surface area contributed by atoms with Gasteiger partial charge in [0.15, 0.2) is 0 Å². The number of aromatic amines is 1. The number of hydrogen-bond acceptors (Lipinski definition) is 7. The second-order valence-corrected chi connectivity index (χ2v) is 9.09. The first-order chi connectivity index (χ1) is 18.0. The molecule has 38 heavy (non-hydrogen) atoms. The van der Waals surface area contributed by atoms with E-state index in [1.165, 1.54) is 0 Å². The van der Waals surface area contributed by atoms with Gasteiger partial charge in [0.2, 0.25) is 23.6 Å². The van der Waals surface area contributed by atoms with Gasteiger partial charge in [0.05, 0.1) is 18.9 Å². The molecule has 4 amide bonds. The molecule has 0 aliphatic carbocycles. The Hall–Kier alpha value is -4.46. The van der Waals surface area contributed by atoms with E-state index in [1.54, 1.807) is 18.3 Å². The topological polar surface area (TPSA) is 238 Å². The number of benzene rings is 1. The summed E-state index contributed by atoms with van der Waals surface area (Å²) in [5, 5.41) is 24.4. The van der Waals surface area contributed by atoms with E-state index < -0.39 is 72.6 Å². The maximum absolute atomic E-state index is 13.0. The third-order valence-corrected chi connectivity index (χ3v) is 6.30. The molecule has 2 heterocycles. The van der Waals surface area contributed by atoms with Gasteiger partial charge in [-0.25, -0.2) is 4.79 Å². The normalized spacial score (nSPS) is 17.4. The van der Waals surface area contributed by atoms with Crippen molar-refractivity contribution in [2.75, 3.05) is 6.54 Å². The minimum absolute atomic E-state index is 0.0958. The van der Waals surface area contributed by atoms with Crippen LogP contribution in [-0.4, -0.2) is 86.4 Å². The van der Waals surface area contributed by atoms with Gasteiger partial charge < -0.3 is 42.2 Å². The van der Waals surface area contributed by atoms with Crippen LogP contribution >= 0.6 is 0 Å². The molecule has 1 aliphatic heterocycles. The molecule has 14 nitrogen and oxygen atoms in total. The Morgan fingerprint density at radius 2 is 1.76 bits per heavy atom. The lowest BCUT2D eigenvalue weighted by atomic mass is 10.0. The summed E-state index contributed by atoms with van der Waals surface area (Å²) < 4.78 is 0. The molecule has 9 N–H and O–H groups in total. The summed E-state index contributed by atoms with van der Waals surface area (Å²) in [6.45, 7) is 0.172. The van der Waals surface area contributed by atoms with E-state index in [0.717, 1.165) is 15.8 Å². The number of para-hydroxylation sites is 1. The largest absolute Gasteiger partial charge is 0.481 e. The van der Waals surface area contributed by atoms with E-state index in [9.17, 15) is 39.0 Å². The highest BCUT2D eigenvalue weighted by atomic mass is 16.4. The van der Waals surface area contributed by atoms with E-state index >= 15 is 0 Å². The molecule has 2 aromatic rings. The Kier molecular flexibility index (Phi) is 9.02. The number of fused-ring (bicyclic) bond motifs is 1. The minimum atomic E-state index is -1.61. The van der Waals surface area contributed by atoms with Gasteiger partial charge in [0, 0.05) is 30.1 Å². The fourth-order valence-electron chi connectivity index (χ4n) is 4.46. The van der Waals surface area contributed by atoms with Crippen LogP contribution in [0.3, 0.4) is 0 Å². The first kappa shape index (κ1) is 28.1. The van der Waals surface area contributed by atoms with Crippen molar-refractivity contribution in [2.45, 2.75) is 56.3 Å². The number of primary amides is 1. The maximum atomic E-state index is 13.0. The quantitative estimate of drug-likeness (QED) is 0.167. The number of nitrogens with zero attached hydrogens (tertiary/aromatic N) is 1. The summed E-state index contributed by atoms with van der Waals surface area (Å²) in [5.74, 6) is -6.02. The Bertz CT molecular complexity index is 1240. The van der Waals surface area contributed by atoms with Crippen LogP contribution < -0.4 is 22.1 Å². The predicted molar refractivity (Wildman–Crippen MR) is 132 cm³/mol.